The average Bonchev–Trinajstić information content (AvgIpc) is 2.43. The number of benzene rings is 2. The van der Waals surface area contributed by atoms with Gasteiger partial charge in [-0.1, -0.05) is 30.3 Å². The molecular formula is C16H14N2O. The number of hydrogen-bond donors (Lipinski definition) is 1. The summed E-state index contributed by atoms with van der Waals surface area (Å²) < 4.78 is 5.92. The van der Waals surface area contributed by atoms with Crippen molar-refractivity contribution in [3.05, 3.63) is 60.3 Å². The number of pyridine rings is 1. The lowest BCUT2D eigenvalue weighted by molar-refractivity contribution is 0.468. The lowest BCUT2D eigenvalue weighted by Gasteiger charge is -2.11. The minimum Gasteiger partial charge on any atom is -0.436 e. The molecule has 3 nitrogen and oxygen atoms in total. The highest BCUT2D eigenvalue weighted by molar-refractivity contribution is 5.87. The highest BCUT2D eigenvalue weighted by Crippen LogP contribution is 2.33. The van der Waals surface area contributed by atoms with Gasteiger partial charge in [-0.25, -0.2) is 4.98 Å². The maximum absolute atomic E-state index is 5.96. The highest BCUT2D eigenvalue weighted by Gasteiger charge is 2.09. The van der Waals surface area contributed by atoms with Crippen LogP contribution in [-0.4, -0.2) is 4.98 Å². The fourth-order valence-electron chi connectivity index (χ4n) is 2.08. The van der Waals surface area contributed by atoms with E-state index in [4.69, 9.17) is 10.5 Å². The molecule has 0 radical (unpaired) electrons. The summed E-state index contributed by atoms with van der Waals surface area (Å²) in [6.07, 6.45) is 1.74. The van der Waals surface area contributed by atoms with Crippen molar-refractivity contribution in [2.24, 2.45) is 0 Å². The van der Waals surface area contributed by atoms with Crippen LogP contribution in [0, 0.1) is 6.92 Å². The van der Waals surface area contributed by atoms with E-state index >= 15 is 0 Å². The van der Waals surface area contributed by atoms with Crippen LogP contribution in [0.3, 0.4) is 0 Å². The van der Waals surface area contributed by atoms with Gasteiger partial charge >= 0.3 is 0 Å². The Morgan fingerprint density at radius 3 is 2.68 bits per heavy atom. The molecule has 0 fully saturated rings. The Balaban J connectivity index is 2.11. The molecule has 3 rings (SSSR count). The fourth-order valence-corrected chi connectivity index (χ4v) is 2.08. The molecule has 1 aromatic heterocycles. The molecule has 0 saturated carbocycles. The van der Waals surface area contributed by atoms with E-state index in [0.29, 0.717) is 17.3 Å². The van der Waals surface area contributed by atoms with Crippen molar-refractivity contribution in [3.63, 3.8) is 0 Å². The Morgan fingerprint density at radius 1 is 1.00 bits per heavy atom. The molecule has 0 bridgehead atoms. The Bertz CT molecular complexity index is 712. The summed E-state index contributed by atoms with van der Waals surface area (Å²) in [7, 11) is 0. The van der Waals surface area contributed by atoms with Crippen LogP contribution < -0.4 is 10.5 Å². The van der Waals surface area contributed by atoms with Crippen LogP contribution in [0.15, 0.2) is 54.7 Å². The first-order chi connectivity index (χ1) is 9.25. The second-order valence-corrected chi connectivity index (χ2v) is 4.43. The first kappa shape index (κ1) is 11.5. The molecule has 94 valence electrons. The Hall–Kier alpha value is -2.55. The van der Waals surface area contributed by atoms with E-state index < -0.39 is 0 Å². The SMILES string of the molecule is Cc1cccc(N)c1Oc1nccc2ccccc12. The van der Waals surface area contributed by atoms with Crippen molar-refractivity contribution >= 4 is 16.5 Å². The summed E-state index contributed by atoms with van der Waals surface area (Å²) in [5, 5.41) is 2.08. The normalized spacial score (nSPS) is 10.6. The summed E-state index contributed by atoms with van der Waals surface area (Å²) in [6, 6.07) is 15.7. The molecule has 3 heteroatoms. The second-order valence-electron chi connectivity index (χ2n) is 4.43. The van der Waals surface area contributed by atoms with Gasteiger partial charge in [0, 0.05) is 11.6 Å². The molecule has 0 unspecified atom stereocenters. The molecular weight excluding hydrogens is 236 g/mol. The maximum Gasteiger partial charge on any atom is 0.227 e. The van der Waals surface area contributed by atoms with Crippen molar-refractivity contribution in [2.75, 3.05) is 5.73 Å². The third kappa shape index (κ3) is 2.10. The second kappa shape index (κ2) is 4.61. The topological polar surface area (TPSA) is 48.1 Å². The number of ether oxygens (including phenoxy) is 1. The molecule has 0 aliphatic carbocycles. The molecule has 0 spiro atoms. The van der Waals surface area contributed by atoms with Crippen LogP contribution in [0.4, 0.5) is 5.69 Å². The summed E-state index contributed by atoms with van der Waals surface area (Å²) >= 11 is 0. The third-order valence-corrected chi connectivity index (χ3v) is 3.08. The van der Waals surface area contributed by atoms with E-state index in [-0.39, 0.29) is 0 Å². The number of nitrogens with two attached hydrogens (primary N) is 1. The Labute approximate surface area is 111 Å². The van der Waals surface area contributed by atoms with E-state index in [1.165, 1.54) is 0 Å². The van der Waals surface area contributed by atoms with E-state index in [2.05, 4.69) is 4.98 Å². The largest absolute Gasteiger partial charge is 0.436 e. The number of fused-ring (bicyclic) bond motifs is 1. The van der Waals surface area contributed by atoms with Gasteiger partial charge in [-0.2, -0.15) is 0 Å². The van der Waals surface area contributed by atoms with Crippen molar-refractivity contribution in [2.45, 2.75) is 6.92 Å². The maximum atomic E-state index is 5.96. The fraction of sp³-hybridized carbons (Fsp3) is 0.0625. The van der Waals surface area contributed by atoms with E-state index in [9.17, 15) is 0 Å². The zero-order valence-electron chi connectivity index (χ0n) is 10.6. The lowest BCUT2D eigenvalue weighted by atomic mass is 10.1. The molecule has 3 aromatic rings. The first-order valence-corrected chi connectivity index (χ1v) is 6.12. The van der Waals surface area contributed by atoms with Crippen LogP contribution in [0.5, 0.6) is 11.6 Å². The molecule has 0 aliphatic heterocycles. The number of nitrogens with zero attached hydrogens (tertiary/aromatic N) is 1. The molecule has 2 aromatic carbocycles. The van der Waals surface area contributed by atoms with Gasteiger partial charge in [0.1, 0.15) is 0 Å². The molecule has 0 atom stereocenters. The first-order valence-electron chi connectivity index (χ1n) is 6.12. The molecule has 0 aliphatic rings. The van der Waals surface area contributed by atoms with Crippen LogP contribution in [0.25, 0.3) is 10.8 Å². The van der Waals surface area contributed by atoms with Gasteiger partial charge in [-0.3, -0.25) is 0 Å². The third-order valence-electron chi connectivity index (χ3n) is 3.08. The molecule has 0 amide bonds. The van der Waals surface area contributed by atoms with Gasteiger partial charge in [0.15, 0.2) is 5.75 Å². The van der Waals surface area contributed by atoms with Gasteiger partial charge in [0.25, 0.3) is 0 Å². The van der Waals surface area contributed by atoms with E-state index in [0.717, 1.165) is 16.3 Å². The van der Waals surface area contributed by atoms with Crippen molar-refractivity contribution in [3.8, 4) is 11.6 Å². The molecule has 0 saturated heterocycles. The summed E-state index contributed by atoms with van der Waals surface area (Å²) in [4.78, 5) is 4.31. The number of nitrogen functional groups attached to an aromatic ring is 1. The van der Waals surface area contributed by atoms with Crippen molar-refractivity contribution < 1.29 is 4.74 Å². The number of para-hydroxylation sites is 1. The number of anilines is 1. The smallest absolute Gasteiger partial charge is 0.227 e. The predicted octanol–water partition coefficient (Wildman–Crippen LogP) is 3.92. The van der Waals surface area contributed by atoms with Crippen LogP contribution >= 0.6 is 0 Å². The van der Waals surface area contributed by atoms with E-state index in [1.54, 1.807) is 6.20 Å². The standard InChI is InChI=1S/C16H14N2O/c1-11-5-4-8-14(17)15(11)19-16-13-7-3-2-6-12(13)9-10-18-16/h2-10H,17H2,1H3. The minimum atomic E-state index is 0.583. The molecule has 19 heavy (non-hydrogen) atoms. The van der Waals surface area contributed by atoms with Crippen LogP contribution in [0.1, 0.15) is 5.56 Å². The Kier molecular flexibility index (Phi) is 2.80. The summed E-state index contributed by atoms with van der Waals surface area (Å²) in [6.45, 7) is 1.97. The molecule has 2 N–H and O–H groups in total. The Morgan fingerprint density at radius 2 is 1.84 bits per heavy atom. The summed E-state index contributed by atoms with van der Waals surface area (Å²) in [5.41, 5.74) is 7.58. The van der Waals surface area contributed by atoms with Crippen LogP contribution in [-0.2, 0) is 0 Å². The average molecular weight is 250 g/mol. The number of hydrogen-bond acceptors (Lipinski definition) is 3. The van der Waals surface area contributed by atoms with Crippen molar-refractivity contribution in [1.82, 2.24) is 4.98 Å². The van der Waals surface area contributed by atoms with Gasteiger partial charge < -0.3 is 10.5 Å². The highest BCUT2D eigenvalue weighted by atomic mass is 16.5. The van der Waals surface area contributed by atoms with Gasteiger partial charge in [-0.05, 0) is 36.1 Å². The quantitative estimate of drug-likeness (QED) is 0.701. The van der Waals surface area contributed by atoms with E-state index in [1.807, 2.05) is 55.5 Å². The number of aromatic nitrogens is 1. The predicted molar refractivity (Wildman–Crippen MR) is 77.4 cm³/mol. The van der Waals surface area contributed by atoms with Crippen LogP contribution in [0.2, 0.25) is 0 Å². The number of rotatable bonds is 2. The van der Waals surface area contributed by atoms with Gasteiger partial charge in [0.2, 0.25) is 5.88 Å². The number of aryl methyl sites for hydroxylation is 1. The zero-order chi connectivity index (χ0) is 13.2. The summed E-state index contributed by atoms with van der Waals surface area (Å²) in [5.74, 6) is 1.26. The van der Waals surface area contributed by atoms with Crippen molar-refractivity contribution in [1.29, 1.82) is 0 Å². The van der Waals surface area contributed by atoms with Gasteiger partial charge in [0.05, 0.1) is 5.69 Å². The van der Waals surface area contributed by atoms with Gasteiger partial charge in [-0.15, -0.1) is 0 Å². The lowest BCUT2D eigenvalue weighted by Crippen LogP contribution is -1.96. The molecule has 1 heterocycles. The monoisotopic (exact) mass is 250 g/mol. The zero-order valence-corrected chi connectivity index (χ0v) is 10.6. The minimum absolute atomic E-state index is 0.583.